The molecule has 1 heterocycles. The minimum atomic E-state index is -0.241. The summed E-state index contributed by atoms with van der Waals surface area (Å²) in [5, 5.41) is 10.3. The SMILES string of the molecule is CC(=O)Nc1cccc(C(C)NC(=O)c2ccc(NC(=O)c3cccs3)cc2)c1. The third kappa shape index (κ3) is 5.52. The fourth-order valence-corrected chi connectivity index (χ4v) is 3.38. The van der Waals surface area contributed by atoms with E-state index in [1.54, 1.807) is 36.4 Å². The van der Waals surface area contributed by atoms with Crippen LogP contribution in [0.15, 0.2) is 66.0 Å². The monoisotopic (exact) mass is 407 g/mol. The zero-order valence-electron chi connectivity index (χ0n) is 16.1. The summed E-state index contributed by atoms with van der Waals surface area (Å²) in [6, 6.07) is 17.4. The number of hydrogen-bond donors (Lipinski definition) is 3. The molecule has 1 unspecified atom stereocenters. The summed E-state index contributed by atoms with van der Waals surface area (Å²) in [6.45, 7) is 3.32. The van der Waals surface area contributed by atoms with Crippen molar-refractivity contribution in [3.63, 3.8) is 0 Å². The molecule has 1 aromatic heterocycles. The Morgan fingerprint density at radius 2 is 1.62 bits per heavy atom. The van der Waals surface area contributed by atoms with E-state index in [2.05, 4.69) is 16.0 Å². The fourth-order valence-electron chi connectivity index (χ4n) is 2.76. The highest BCUT2D eigenvalue weighted by molar-refractivity contribution is 7.12. The number of amides is 3. The molecule has 7 heteroatoms. The highest BCUT2D eigenvalue weighted by atomic mass is 32.1. The van der Waals surface area contributed by atoms with Gasteiger partial charge in [-0.2, -0.15) is 0 Å². The second-order valence-corrected chi connectivity index (χ2v) is 7.46. The van der Waals surface area contributed by atoms with Gasteiger partial charge in [-0.3, -0.25) is 14.4 Å². The van der Waals surface area contributed by atoms with Crippen LogP contribution in [-0.2, 0) is 4.79 Å². The third-order valence-corrected chi connectivity index (χ3v) is 5.07. The van der Waals surface area contributed by atoms with E-state index in [1.807, 2.05) is 36.6 Å². The minimum absolute atomic E-state index is 0.148. The first-order chi connectivity index (χ1) is 13.9. The number of rotatable bonds is 6. The Balaban J connectivity index is 1.61. The Morgan fingerprint density at radius 3 is 2.28 bits per heavy atom. The zero-order valence-corrected chi connectivity index (χ0v) is 16.9. The fraction of sp³-hybridized carbons (Fsp3) is 0.136. The van der Waals surface area contributed by atoms with Crippen molar-refractivity contribution in [3.05, 3.63) is 82.0 Å². The van der Waals surface area contributed by atoms with E-state index in [-0.39, 0.29) is 23.8 Å². The van der Waals surface area contributed by atoms with Crippen molar-refractivity contribution >= 4 is 40.4 Å². The molecular formula is C22H21N3O3S. The maximum Gasteiger partial charge on any atom is 0.265 e. The van der Waals surface area contributed by atoms with Crippen molar-refractivity contribution in [2.24, 2.45) is 0 Å². The van der Waals surface area contributed by atoms with Crippen molar-refractivity contribution in [2.75, 3.05) is 10.6 Å². The first-order valence-electron chi connectivity index (χ1n) is 9.05. The lowest BCUT2D eigenvalue weighted by Crippen LogP contribution is -2.26. The van der Waals surface area contributed by atoms with Crippen LogP contribution in [0.2, 0.25) is 0 Å². The average Bonchev–Trinajstić information content (AvgIpc) is 3.23. The van der Waals surface area contributed by atoms with Crippen LogP contribution in [0.3, 0.4) is 0 Å². The average molecular weight is 407 g/mol. The van der Waals surface area contributed by atoms with Crippen molar-refractivity contribution in [1.29, 1.82) is 0 Å². The first-order valence-corrected chi connectivity index (χ1v) is 9.93. The van der Waals surface area contributed by atoms with Crippen LogP contribution in [-0.4, -0.2) is 17.7 Å². The van der Waals surface area contributed by atoms with Crippen LogP contribution in [0.1, 0.15) is 45.5 Å². The maximum atomic E-state index is 12.5. The molecule has 3 amide bonds. The first kappa shape index (κ1) is 20.3. The molecule has 6 nitrogen and oxygen atoms in total. The molecule has 3 N–H and O–H groups in total. The van der Waals surface area contributed by atoms with Crippen molar-refractivity contribution in [3.8, 4) is 0 Å². The molecule has 3 aromatic rings. The van der Waals surface area contributed by atoms with Crippen LogP contribution < -0.4 is 16.0 Å². The smallest absolute Gasteiger partial charge is 0.265 e. The Labute approximate surface area is 173 Å². The molecule has 0 aliphatic rings. The van der Waals surface area contributed by atoms with Gasteiger partial charge in [0, 0.05) is 23.9 Å². The number of carbonyl (C=O) groups excluding carboxylic acids is 3. The number of hydrogen-bond acceptors (Lipinski definition) is 4. The van der Waals surface area contributed by atoms with Crippen LogP contribution >= 0.6 is 11.3 Å². The van der Waals surface area contributed by atoms with Gasteiger partial charge < -0.3 is 16.0 Å². The molecule has 0 aliphatic heterocycles. The summed E-state index contributed by atoms with van der Waals surface area (Å²) in [5.74, 6) is -0.548. The van der Waals surface area contributed by atoms with Gasteiger partial charge in [0.05, 0.1) is 10.9 Å². The lowest BCUT2D eigenvalue weighted by molar-refractivity contribution is -0.114. The van der Waals surface area contributed by atoms with Gasteiger partial charge in [-0.05, 0) is 60.3 Å². The van der Waals surface area contributed by atoms with Crippen LogP contribution in [0.4, 0.5) is 11.4 Å². The molecule has 0 spiro atoms. The summed E-state index contributed by atoms with van der Waals surface area (Å²) in [5.41, 5.74) is 2.67. The summed E-state index contributed by atoms with van der Waals surface area (Å²) >= 11 is 1.37. The molecule has 0 aliphatic carbocycles. The van der Waals surface area contributed by atoms with Gasteiger partial charge in [0.15, 0.2) is 0 Å². The molecule has 2 aromatic carbocycles. The van der Waals surface area contributed by atoms with Gasteiger partial charge in [0.2, 0.25) is 5.91 Å². The van der Waals surface area contributed by atoms with Gasteiger partial charge in [-0.25, -0.2) is 0 Å². The lowest BCUT2D eigenvalue weighted by atomic mass is 10.1. The predicted octanol–water partition coefficient (Wildman–Crippen LogP) is 4.45. The highest BCUT2D eigenvalue weighted by Gasteiger charge is 2.13. The van der Waals surface area contributed by atoms with E-state index in [0.717, 1.165) is 5.56 Å². The van der Waals surface area contributed by atoms with Gasteiger partial charge >= 0.3 is 0 Å². The van der Waals surface area contributed by atoms with Crippen molar-refractivity contribution in [2.45, 2.75) is 19.9 Å². The molecule has 148 valence electrons. The van der Waals surface area contributed by atoms with Crippen LogP contribution in [0.5, 0.6) is 0 Å². The van der Waals surface area contributed by atoms with Crippen molar-refractivity contribution < 1.29 is 14.4 Å². The third-order valence-electron chi connectivity index (χ3n) is 4.20. The summed E-state index contributed by atoms with van der Waals surface area (Å²) in [4.78, 5) is 36.5. The second kappa shape index (κ2) is 9.16. The molecule has 0 fully saturated rings. The van der Waals surface area contributed by atoms with E-state index >= 15 is 0 Å². The van der Waals surface area contributed by atoms with E-state index in [1.165, 1.54) is 18.3 Å². The van der Waals surface area contributed by atoms with Gasteiger partial charge in [-0.15, -0.1) is 11.3 Å². The van der Waals surface area contributed by atoms with E-state index in [0.29, 0.717) is 21.8 Å². The Bertz CT molecular complexity index is 1010. The molecule has 0 saturated carbocycles. The quantitative estimate of drug-likeness (QED) is 0.564. The summed E-state index contributed by atoms with van der Waals surface area (Å²) in [7, 11) is 0. The second-order valence-electron chi connectivity index (χ2n) is 6.51. The molecule has 0 bridgehead atoms. The van der Waals surface area contributed by atoms with Gasteiger partial charge in [0.1, 0.15) is 0 Å². The predicted molar refractivity (Wildman–Crippen MR) is 115 cm³/mol. The van der Waals surface area contributed by atoms with E-state index in [9.17, 15) is 14.4 Å². The molecule has 1 atom stereocenters. The number of nitrogens with one attached hydrogen (secondary N) is 3. The Kier molecular flexibility index (Phi) is 6.41. The highest BCUT2D eigenvalue weighted by Crippen LogP contribution is 2.19. The van der Waals surface area contributed by atoms with Gasteiger partial charge in [-0.1, -0.05) is 18.2 Å². The summed E-state index contributed by atoms with van der Waals surface area (Å²) in [6.07, 6.45) is 0. The Hall–Kier alpha value is -3.45. The standard InChI is InChI=1S/C22H21N3O3S/c1-14(17-5-3-6-19(13-17)24-15(2)26)23-21(27)16-8-10-18(11-9-16)25-22(28)20-7-4-12-29-20/h3-14H,1-2H3,(H,23,27)(H,24,26)(H,25,28). The van der Waals surface area contributed by atoms with E-state index in [4.69, 9.17) is 0 Å². The number of anilines is 2. The Morgan fingerprint density at radius 1 is 0.862 bits per heavy atom. The number of thiophene rings is 1. The minimum Gasteiger partial charge on any atom is -0.346 e. The van der Waals surface area contributed by atoms with Crippen LogP contribution in [0.25, 0.3) is 0 Å². The maximum absolute atomic E-state index is 12.5. The molecule has 0 radical (unpaired) electrons. The summed E-state index contributed by atoms with van der Waals surface area (Å²) < 4.78 is 0. The van der Waals surface area contributed by atoms with Crippen LogP contribution in [0, 0.1) is 0 Å². The molecular weight excluding hydrogens is 386 g/mol. The molecule has 3 rings (SSSR count). The zero-order chi connectivity index (χ0) is 20.8. The van der Waals surface area contributed by atoms with Gasteiger partial charge in [0.25, 0.3) is 11.8 Å². The lowest BCUT2D eigenvalue weighted by Gasteiger charge is -2.16. The number of carbonyl (C=O) groups is 3. The normalized spacial score (nSPS) is 11.4. The number of benzene rings is 2. The molecule has 29 heavy (non-hydrogen) atoms. The topological polar surface area (TPSA) is 87.3 Å². The molecule has 0 saturated heterocycles. The van der Waals surface area contributed by atoms with E-state index < -0.39 is 0 Å². The van der Waals surface area contributed by atoms with Crippen molar-refractivity contribution in [1.82, 2.24) is 5.32 Å². The largest absolute Gasteiger partial charge is 0.346 e.